The van der Waals surface area contributed by atoms with Crippen LogP contribution in [-0.2, 0) is 22.4 Å². The van der Waals surface area contributed by atoms with Gasteiger partial charge in [0.25, 0.3) is 0 Å². The number of nitriles is 1. The maximum absolute atomic E-state index is 12.3. The zero-order chi connectivity index (χ0) is 30.1. The third-order valence-electron chi connectivity index (χ3n) is 7.92. The smallest absolute Gasteiger partial charge is 0.223 e. The number of methoxy groups -OCH3 is 3. The monoisotopic (exact) mass is 587 g/mol. The van der Waals surface area contributed by atoms with Crippen molar-refractivity contribution in [2.24, 2.45) is 0 Å². The highest BCUT2D eigenvalue weighted by Gasteiger charge is 2.34. The van der Waals surface area contributed by atoms with Crippen LogP contribution in [-0.4, -0.2) is 58.8 Å². The van der Waals surface area contributed by atoms with E-state index >= 15 is 0 Å². The van der Waals surface area contributed by atoms with Crippen molar-refractivity contribution >= 4 is 23.4 Å². The number of fused-ring (bicyclic) bond motifs is 1. The number of thioether (sulfide) groups is 1. The van der Waals surface area contributed by atoms with E-state index in [4.69, 9.17) is 14.2 Å². The number of benzene rings is 3. The lowest BCUT2D eigenvalue weighted by Crippen LogP contribution is -2.34. The zero-order valence-electron chi connectivity index (χ0n) is 25.3. The second-order valence-electron chi connectivity index (χ2n) is 10.6. The summed E-state index contributed by atoms with van der Waals surface area (Å²) in [5, 5.41) is 10.6. The van der Waals surface area contributed by atoms with Crippen LogP contribution in [0.2, 0.25) is 0 Å². The van der Waals surface area contributed by atoms with Crippen molar-refractivity contribution in [1.29, 1.82) is 5.26 Å². The predicted molar refractivity (Wildman–Crippen MR) is 169 cm³/mol. The Kier molecular flexibility index (Phi) is 10.8. The Labute approximate surface area is 254 Å². The number of ether oxygens (including phenoxy) is 3. The fraction of sp³-hybridized carbons (Fsp3) is 0.412. The summed E-state index contributed by atoms with van der Waals surface area (Å²) in [6, 6.07) is 22.7. The molecule has 8 heteroatoms. The molecule has 0 aliphatic carbocycles. The molecule has 0 N–H and O–H groups in total. The lowest BCUT2D eigenvalue weighted by atomic mass is 9.93. The molecule has 0 saturated heterocycles. The largest absolute Gasteiger partial charge is 0.495 e. The summed E-state index contributed by atoms with van der Waals surface area (Å²) in [4.78, 5) is 17.6. The Morgan fingerprint density at radius 3 is 2.38 bits per heavy atom. The molecule has 222 valence electrons. The summed E-state index contributed by atoms with van der Waals surface area (Å²) >= 11 is 1.59. The van der Waals surface area contributed by atoms with Crippen LogP contribution in [0, 0.1) is 11.3 Å². The van der Waals surface area contributed by atoms with E-state index in [-0.39, 0.29) is 5.91 Å². The van der Waals surface area contributed by atoms with Crippen LogP contribution in [0.3, 0.4) is 0 Å². The maximum atomic E-state index is 12.3. The average Bonchev–Trinajstić information content (AvgIpc) is 3.02. The first-order valence-corrected chi connectivity index (χ1v) is 15.2. The molecular formula is C34H41N3O4S. The molecule has 0 aromatic heterocycles. The van der Waals surface area contributed by atoms with Gasteiger partial charge in [-0.05, 0) is 92.7 Å². The van der Waals surface area contributed by atoms with Gasteiger partial charge in [-0.15, -0.1) is 0 Å². The van der Waals surface area contributed by atoms with Gasteiger partial charge in [-0.3, -0.25) is 4.79 Å². The number of carbonyl (C=O) groups excluding carboxylic acids is 1. The van der Waals surface area contributed by atoms with Gasteiger partial charge in [-0.25, -0.2) is 0 Å². The molecule has 3 aromatic carbocycles. The van der Waals surface area contributed by atoms with Gasteiger partial charge < -0.3 is 24.0 Å². The molecule has 0 fully saturated rings. The Balaban J connectivity index is 1.48. The van der Waals surface area contributed by atoms with Crippen LogP contribution in [0.4, 0.5) is 5.69 Å². The molecule has 0 spiro atoms. The Bertz CT molecular complexity index is 1410. The molecular weight excluding hydrogens is 546 g/mol. The van der Waals surface area contributed by atoms with Gasteiger partial charge in [-0.1, -0.05) is 42.1 Å². The normalized spacial score (nSPS) is 14.1. The number of hydrogen-bond acceptors (Lipinski definition) is 7. The van der Waals surface area contributed by atoms with Gasteiger partial charge in [-0.2, -0.15) is 5.26 Å². The van der Waals surface area contributed by atoms with Crippen molar-refractivity contribution in [2.75, 3.05) is 52.9 Å². The van der Waals surface area contributed by atoms with Crippen LogP contribution < -0.4 is 19.1 Å². The first-order chi connectivity index (χ1) is 20.4. The van der Waals surface area contributed by atoms with Gasteiger partial charge in [0.1, 0.15) is 10.5 Å². The van der Waals surface area contributed by atoms with Gasteiger partial charge in [0.2, 0.25) is 5.91 Å². The molecule has 4 rings (SSSR count). The summed E-state index contributed by atoms with van der Waals surface area (Å²) in [5.74, 6) is 2.07. The SMILES string of the molecule is COc1ccc(C(C#N)(CCCN(C)CCc2ccc(OC)c3c2CCCN3C(C)=O)Sc2ccccc2)cc1OC. The van der Waals surface area contributed by atoms with Gasteiger partial charge in [0.05, 0.1) is 33.1 Å². The second-order valence-corrected chi connectivity index (χ2v) is 12.0. The molecule has 1 unspecified atom stereocenters. The van der Waals surface area contributed by atoms with Gasteiger partial charge >= 0.3 is 0 Å². The Morgan fingerprint density at radius 1 is 1.00 bits per heavy atom. The summed E-state index contributed by atoms with van der Waals surface area (Å²) in [6.07, 6.45) is 4.30. The summed E-state index contributed by atoms with van der Waals surface area (Å²) in [7, 11) is 7.03. The molecule has 1 aliphatic rings. The quantitative estimate of drug-likeness (QED) is 0.212. The molecule has 0 radical (unpaired) electrons. The highest BCUT2D eigenvalue weighted by atomic mass is 32.2. The van der Waals surface area contributed by atoms with Crippen LogP contribution >= 0.6 is 11.8 Å². The maximum Gasteiger partial charge on any atom is 0.223 e. The molecule has 7 nitrogen and oxygen atoms in total. The van der Waals surface area contributed by atoms with Gasteiger partial charge in [0, 0.05) is 24.9 Å². The van der Waals surface area contributed by atoms with Crippen LogP contribution in [0.15, 0.2) is 65.6 Å². The number of rotatable bonds is 13. The summed E-state index contributed by atoms with van der Waals surface area (Å²) < 4.78 is 15.9. The lowest BCUT2D eigenvalue weighted by Gasteiger charge is -2.32. The van der Waals surface area contributed by atoms with Crippen molar-refractivity contribution in [3.05, 3.63) is 77.4 Å². The van der Waals surface area contributed by atoms with Crippen LogP contribution in [0.25, 0.3) is 0 Å². The number of nitrogens with zero attached hydrogens (tertiary/aromatic N) is 3. The van der Waals surface area contributed by atoms with E-state index in [2.05, 4.69) is 24.1 Å². The van der Waals surface area contributed by atoms with E-state index in [9.17, 15) is 10.1 Å². The minimum atomic E-state index is -0.785. The fourth-order valence-corrected chi connectivity index (χ4v) is 6.90. The van der Waals surface area contributed by atoms with Crippen molar-refractivity contribution < 1.29 is 19.0 Å². The zero-order valence-corrected chi connectivity index (χ0v) is 26.1. The number of carbonyl (C=O) groups is 1. The third-order valence-corrected chi connectivity index (χ3v) is 9.31. The first kappa shape index (κ1) is 31.3. The predicted octanol–water partition coefficient (Wildman–Crippen LogP) is 6.48. The van der Waals surface area contributed by atoms with E-state index in [0.29, 0.717) is 17.9 Å². The molecule has 1 heterocycles. The molecule has 1 atom stereocenters. The molecule has 1 amide bonds. The van der Waals surface area contributed by atoms with Crippen molar-refractivity contribution in [2.45, 2.75) is 48.7 Å². The number of anilines is 1. The van der Waals surface area contributed by atoms with Gasteiger partial charge in [0.15, 0.2) is 11.5 Å². The van der Waals surface area contributed by atoms with Crippen LogP contribution in [0.5, 0.6) is 17.2 Å². The lowest BCUT2D eigenvalue weighted by molar-refractivity contribution is -0.116. The number of amides is 1. The van der Waals surface area contributed by atoms with E-state index in [1.807, 2.05) is 59.5 Å². The minimum absolute atomic E-state index is 0.0485. The first-order valence-electron chi connectivity index (χ1n) is 14.4. The second kappa shape index (κ2) is 14.5. The number of likely N-dealkylation sites (N-methyl/N-ethyl adjacent to an activating group) is 1. The fourth-order valence-electron chi connectivity index (χ4n) is 5.67. The Morgan fingerprint density at radius 2 is 1.71 bits per heavy atom. The summed E-state index contributed by atoms with van der Waals surface area (Å²) in [5.41, 5.74) is 4.32. The van der Waals surface area contributed by atoms with E-state index in [0.717, 1.165) is 67.2 Å². The minimum Gasteiger partial charge on any atom is -0.495 e. The van der Waals surface area contributed by atoms with Crippen LogP contribution in [0.1, 0.15) is 42.9 Å². The molecule has 42 heavy (non-hydrogen) atoms. The molecule has 1 aliphatic heterocycles. The number of hydrogen-bond donors (Lipinski definition) is 0. The topological polar surface area (TPSA) is 75.0 Å². The van der Waals surface area contributed by atoms with Crippen molar-refractivity contribution in [3.63, 3.8) is 0 Å². The highest BCUT2D eigenvalue weighted by Crippen LogP contribution is 2.46. The Hall–Kier alpha value is -3.67. The third kappa shape index (κ3) is 7.03. The molecule has 3 aromatic rings. The highest BCUT2D eigenvalue weighted by molar-refractivity contribution is 8.00. The molecule has 0 bridgehead atoms. The average molecular weight is 588 g/mol. The van der Waals surface area contributed by atoms with Crippen molar-refractivity contribution in [1.82, 2.24) is 4.90 Å². The molecule has 0 saturated carbocycles. The van der Waals surface area contributed by atoms with Crippen molar-refractivity contribution in [3.8, 4) is 23.3 Å². The van der Waals surface area contributed by atoms with E-state index in [1.165, 1.54) is 11.1 Å². The van der Waals surface area contributed by atoms with E-state index in [1.54, 1.807) is 40.0 Å². The van der Waals surface area contributed by atoms with E-state index < -0.39 is 4.75 Å². The summed E-state index contributed by atoms with van der Waals surface area (Å²) in [6.45, 7) is 4.07. The standard InChI is InChI=1S/C34H41N3O4S/c1-25(38)37-21-9-13-29-26(14-16-31(40-4)33(29)37)18-22-36(2)20-10-19-34(24-35,42-28-11-7-6-8-12-28)27-15-17-30(39-3)32(23-27)41-5/h6-8,11-12,14-17,23H,9-10,13,18-22H2,1-5H3.